The van der Waals surface area contributed by atoms with E-state index in [0.29, 0.717) is 0 Å². The zero-order valence-electron chi connectivity index (χ0n) is 11.3. The number of benzene rings is 1. The molecule has 0 amide bonds. The lowest BCUT2D eigenvalue weighted by molar-refractivity contribution is 0.755. The van der Waals surface area contributed by atoms with Crippen LogP contribution in [0.2, 0.25) is 0 Å². The van der Waals surface area contributed by atoms with Crippen LogP contribution in [0.15, 0.2) is 33.6 Å². The van der Waals surface area contributed by atoms with Crippen molar-refractivity contribution < 1.29 is 0 Å². The van der Waals surface area contributed by atoms with Crippen molar-refractivity contribution >= 4 is 27.7 Å². The molecule has 1 N–H and O–H groups in total. The smallest absolute Gasteiger partial charge is 0.139 e. The van der Waals surface area contributed by atoms with Crippen LogP contribution in [0.3, 0.4) is 0 Å². The molecule has 1 aromatic heterocycles. The third-order valence-electron chi connectivity index (χ3n) is 3.34. The number of rotatable bonds is 4. The number of nitrogens with zero attached hydrogens (tertiary/aromatic N) is 2. The number of aryl methyl sites for hydroxylation is 1. The standard InChI is InChI=1S/C15H16BrN3S/c1-2-13-12-7-17-8-14(12)19-15(18-13)9-20-11-5-3-10(16)4-6-11/h3-6,17H,2,7-9H2,1H3. The lowest BCUT2D eigenvalue weighted by Crippen LogP contribution is -2.04. The van der Waals surface area contributed by atoms with E-state index in [0.717, 1.165) is 35.6 Å². The van der Waals surface area contributed by atoms with E-state index in [-0.39, 0.29) is 0 Å². The maximum absolute atomic E-state index is 4.71. The highest BCUT2D eigenvalue weighted by molar-refractivity contribution is 9.10. The van der Waals surface area contributed by atoms with Crippen molar-refractivity contribution in [3.63, 3.8) is 0 Å². The second-order valence-corrected chi connectivity index (χ2v) is 6.68. The Bertz CT molecular complexity index is 613. The van der Waals surface area contributed by atoms with Gasteiger partial charge in [0.1, 0.15) is 5.82 Å². The van der Waals surface area contributed by atoms with Crippen LogP contribution in [-0.4, -0.2) is 9.97 Å². The summed E-state index contributed by atoms with van der Waals surface area (Å²) in [4.78, 5) is 10.6. The summed E-state index contributed by atoms with van der Waals surface area (Å²) in [6.07, 6.45) is 0.975. The molecule has 0 aliphatic carbocycles. The number of hydrogen-bond acceptors (Lipinski definition) is 4. The molecule has 2 heterocycles. The number of nitrogens with one attached hydrogen (secondary N) is 1. The van der Waals surface area contributed by atoms with Gasteiger partial charge in [0.2, 0.25) is 0 Å². The average molecular weight is 350 g/mol. The molecule has 0 unspecified atom stereocenters. The molecule has 0 saturated carbocycles. The van der Waals surface area contributed by atoms with Gasteiger partial charge in [0.25, 0.3) is 0 Å². The van der Waals surface area contributed by atoms with Gasteiger partial charge >= 0.3 is 0 Å². The summed E-state index contributed by atoms with van der Waals surface area (Å²) in [5.41, 5.74) is 3.69. The van der Waals surface area contributed by atoms with Gasteiger partial charge in [-0.3, -0.25) is 0 Å². The van der Waals surface area contributed by atoms with Gasteiger partial charge in [-0.15, -0.1) is 11.8 Å². The fourth-order valence-electron chi connectivity index (χ4n) is 2.33. The largest absolute Gasteiger partial charge is 0.307 e. The molecule has 1 aliphatic heterocycles. The summed E-state index contributed by atoms with van der Waals surface area (Å²) < 4.78 is 1.11. The van der Waals surface area contributed by atoms with Gasteiger partial charge in [-0.05, 0) is 30.7 Å². The predicted octanol–water partition coefficient (Wildman–Crippen LogP) is 3.70. The molecule has 3 rings (SSSR count). The zero-order chi connectivity index (χ0) is 13.9. The Morgan fingerprint density at radius 3 is 2.75 bits per heavy atom. The van der Waals surface area contributed by atoms with Crippen LogP contribution in [0, 0.1) is 0 Å². The van der Waals surface area contributed by atoms with Gasteiger partial charge in [-0.25, -0.2) is 9.97 Å². The van der Waals surface area contributed by atoms with E-state index < -0.39 is 0 Å². The summed E-state index contributed by atoms with van der Waals surface area (Å²) in [7, 11) is 0. The van der Waals surface area contributed by atoms with Crippen molar-refractivity contribution in [3.05, 3.63) is 51.5 Å². The van der Waals surface area contributed by atoms with E-state index >= 15 is 0 Å². The first-order valence-corrected chi connectivity index (χ1v) is 8.50. The van der Waals surface area contributed by atoms with Crippen LogP contribution >= 0.6 is 27.7 Å². The van der Waals surface area contributed by atoms with Crippen LogP contribution in [0.4, 0.5) is 0 Å². The molecule has 0 saturated heterocycles. The molecule has 1 aliphatic rings. The Labute approximate surface area is 131 Å². The van der Waals surface area contributed by atoms with E-state index in [1.165, 1.54) is 21.8 Å². The number of halogens is 1. The minimum atomic E-state index is 0.821. The van der Waals surface area contributed by atoms with Crippen molar-refractivity contribution in [2.24, 2.45) is 0 Å². The molecule has 0 spiro atoms. The molecule has 0 radical (unpaired) electrons. The Morgan fingerprint density at radius 1 is 1.20 bits per heavy atom. The fraction of sp³-hybridized carbons (Fsp3) is 0.333. The number of fused-ring (bicyclic) bond motifs is 1. The molecule has 20 heavy (non-hydrogen) atoms. The van der Waals surface area contributed by atoms with Crippen LogP contribution in [0.5, 0.6) is 0 Å². The fourth-order valence-corrected chi connectivity index (χ4v) is 3.35. The first kappa shape index (κ1) is 14.0. The van der Waals surface area contributed by atoms with E-state index in [9.17, 15) is 0 Å². The van der Waals surface area contributed by atoms with E-state index in [4.69, 9.17) is 9.97 Å². The average Bonchev–Trinajstić information content (AvgIpc) is 2.94. The Morgan fingerprint density at radius 2 is 2.00 bits per heavy atom. The van der Waals surface area contributed by atoms with Crippen LogP contribution in [0.25, 0.3) is 0 Å². The number of thioether (sulfide) groups is 1. The maximum atomic E-state index is 4.71. The molecule has 0 bridgehead atoms. The third-order valence-corrected chi connectivity index (χ3v) is 4.87. The van der Waals surface area contributed by atoms with Gasteiger partial charge in [0.15, 0.2) is 0 Å². The van der Waals surface area contributed by atoms with Crippen molar-refractivity contribution in [1.82, 2.24) is 15.3 Å². The zero-order valence-corrected chi connectivity index (χ0v) is 13.7. The van der Waals surface area contributed by atoms with Gasteiger partial charge in [0, 0.05) is 33.7 Å². The molecule has 1 aromatic carbocycles. The molecular formula is C15H16BrN3S. The summed E-state index contributed by atoms with van der Waals surface area (Å²) >= 11 is 5.23. The first-order chi connectivity index (χ1) is 9.76. The second kappa shape index (κ2) is 6.24. The highest BCUT2D eigenvalue weighted by atomic mass is 79.9. The molecule has 0 atom stereocenters. The first-order valence-electron chi connectivity index (χ1n) is 6.73. The molecule has 0 fully saturated rings. The number of hydrogen-bond donors (Lipinski definition) is 1. The van der Waals surface area contributed by atoms with Crippen molar-refractivity contribution in [1.29, 1.82) is 0 Å². The minimum Gasteiger partial charge on any atom is -0.307 e. The Hall–Kier alpha value is -0.910. The Balaban J connectivity index is 1.76. The lowest BCUT2D eigenvalue weighted by atomic mass is 10.1. The molecule has 3 nitrogen and oxygen atoms in total. The van der Waals surface area contributed by atoms with Crippen LogP contribution in [-0.2, 0) is 25.3 Å². The van der Waals surface area contributed by atoms with Gasteiger partial charge in [-0.1, -0.05) is 22.9 Å². The summed E-state index contributed by atoms with van der Waals surface area (Å²) in [6.45, 7) is 3.95. The summed E-state index contributed by atoms with van der Waals surface area (Å²) in [5.74, 6) is 1.76. The topological polar surface area (TPSA) is 37.8 Å². The molecule has 104 valence electrons. The Kier molecular flexibility index (Phi) is 4.38. The van der Waals surface area contributed by atoms with E-state index in [1.807, 2.05) is 0 Å². The van der Waals surface area contributed by atoms with Crippen molar-refractivity contribution in [3.8, 4) is 0 Å². The normalized spacial score (nSPS) is 13.5. The highest BCUT2D eigenvalue weighted by Crippen LogP contribution is 2.25. The predicted molar refractivity (Wildman–Crippen MR) is 85.7 cm³/mol. The second-order valence-electron chi connectivity index (χ2n) is 4.71. The van der Waals surface area contributed by atoms with Crippen LogP contribution in [0.1, 0.15) is 29.7 Å². The summed E-state index contributed by atoms with van der Waals surface area (Å²) in [5, 5.41) is 3.36. The van der Waals surface area contributed by atoms with Gasteiger partial charge < -0.3 is 5.32 Å². The maximum Gasteiger partial charge on any atom is 0.139 e. The van der Waals surface area contributed by atoms with Crippen LogP contribution < -0.4 is 5.32 Å². The summed E-state index contributed by atoms with van der Waals surface area (Å²) in [6, 6.07) is 8.36. The lowest BCUT2D eigenvalue weighted by Gasteiger charge is -2.08. The monoisotopic (exact) mass is 349 g/mol. The van der Waals surface area contributed by atoms with E-state index in [2.05, 4.69) is 52.4 Å². The van der Waals surface area contributed by atoms with E-state index in [1.54, 1.807) is 11.8 Å². The highest BCUT2D eigenvalue weighted by Gasteiger charge is 2.17. The van der Waals surface area contributed by atoms with Crippen molar-refractivity contribution in [2.75, 3.05) is 0 Å². The minimum absolute atomic E-state index is 0.821. The third kappa shape index (κ3) is 3.05. The van der Waals surface area contributed by atoms with Gasteiger partial charge in [-0.2, -0.15) is 0 Å². The molecular weight excluding hydrogens is 334 g/mol. The SMILES string of the molecule is CCc1nc(CSc2ccc(Br)cc2)nc2c1CNC2. The molecule has 5 heteroatoms. The molecule has 2 aromatic rings. The van der Waals surface area contributed by atoms with Gasteiger partial charge in [0.05, 0.1) is 11.4 Å². The quantitative estimate of drug-likeness (QED) is 0.854. The number of aromatic nitrogens is 2. The van der Waals surface area contributed by atoms with Crippen molar-refractivity contribution in [2.45, 2.75) is 37.1 Å².